The van der Waals surface area contributed by atoms with Crippen molar-refractivity contribution in [3.63, 3.8) is 0 Å². The Morgan fingerprint density at radius 1 is 1.14 bits per heavy atom. The molecule has 1 fully saturated rings. The van der Waals surface area contributed by atoms with Crippen LogP contribution >= 0.6 is 0 Å². The third-order valence-corrected chi connectivity index (χ3v) is 5.52. The Bertz CT molecular complexity index is 951. The van der Waals surface area contributed by atoms with Crippen LogP contribution in [0, 0.1) is 0 Å². The number of aliphatic hydroxyl groups excluding tert-OH is 4. The van der Waals surface area contributed by atoms with E-state index in [1.54, 1.807) is 26.0 Å². The number of hydrogen-bond donors (Lipinski definition) is 4. The van der Waals surface area contributed by atoms with E-state index in [1.807, 2.05) is 6.07 Å². The average molecular weight is 408 g/mol. The lowest BCUT2D eigenvalue weighted by atomic mass is 9.95. The second kappa shape index (κ2) is 7.35. The fourth-order valence-corrected chi connectivity index (χ4v) is 3.74. The van der Waals surface area contributed by atoms with Gasteiger partial charge in [-0.25, -0.2) is 4.79 Å². The van der Waals surface area contributed by atoms with Crippen molar-refractivity contribution in [3.05, 3.63) is 40.2 Å². The molecule has 4 rings (SSSR count). The van der Waals surface area contributed by atoms with Crippen LogP contribution in [0.25, 0.3) is 11.0 Å². The summed E-state index contributed by atoms with van der Waals surface area (Å²) >= 11 is 0. The van der Waals surface area contributed by atoms with E-state index < -0.39 is 54.6 Å². The summed E-state index contributed by atoms with van der Waals surface area (Å²) in [7, 11) is 0. The predicted octanol–water partition coefficient (Wildman–Crippen LogP) is -0.308. The monoisotopic (exact) mass is 408 g/mol. The van der Waals surface area contributed by atoms with Crippen molar-refractivity contribution in [2.45, 2.75) is 62.7 Å². The topological polar surface area (TPSA) is 139 Å². The zero-order valence-corrected chi connectivity index (χ0v) is 16.0. The lowest BCUT2D eigenvalue weighted by molar-refractivity contribution is -0.329. The molecule has 1 aromatic carbocycles. The number of hydrogen-bond acceptors (Lipinski definition) is 9. The van der Waals surface area contributed by atoms with Crippen molar-refractivity contribution in [1.82, 2.24) is 0 Å². The minimum Gasteiger partial charge on any atom is -0.487 e. The maximum absolute atomic E-state index is 11.4. The van der Waals surface area contributed by atoms with Gasteiger partial charge in [0.05, 0.1) is 6.61 Å². The van der Waals surface area contributed by atoms with E-state index in [9.17, 15) is 25.2 Å². The van der Waals surface area contributed by atoms with Crippen molar-refractivity contribution >= 4 is 11.0 Å². The molecule has 0 radical (unpaired) electrons. The molecule has 158 valence electrons. The largest absolute Gasteiger partial charge is 0.487 e. The van der Waals surface area contributed by atoms with E-state index in [2.05, 4.69) is 0 Å². The smallest absolute Gasteiger partial charge is 0.336 e. The molecule has 0 saturated carbocycles. The van der Waals surface area contributed by atoms with Crippen LogP contribution < -0.4 is 10.4 Å². The van der Waals surface area contributed by atoms with Gasteiger partial charge < -0.3 is 39.1 Å². The molecule has 2 aromatic rings. The Morgan fingerprint density at radius 2 is 1.90 bits per heavy atom. The molecule has 1 saturated heterocycles. The first kappa shape index (κ1) is 20.3. The number of rotatable bonds is 4. The normalized spacial score (nSPS) is 32.2. The van der Waals surface area contributed by atoms with E-state index >= 15 is 0 Å². The van der Waals surface area contributed by atoms with Crippen LogP contribution in [0.2, 0.25) is 0 Å². The van der Waals surface area contributed by atoms with Crippen molar-refractivity contribution in [2.75, 3.05) is 6.61 Å². The van der Waals surface area contributed by atoms with E-state index in [0.29, 0.717) is 17.8 Å². The molecule has 9 nitrogen and oxygen atoms in total. The van der Waals surface area contributed by atoms with Crippen molar-refractivity contribution in [2.24, 2.45) is 0 Å². The molecule has 3 heterocycles. The Hall–Kier alpha value is -2.01. The van der Waals surface area contributed by atoms with Crippen molar-refractivity contribution < 1.29 is 39.1 Å². The first-order valence-corrected chi connectivity index (χ1v) is 9.41. The van der Waals surface area contributed by atoms with Gasteiger partial charge in [-0.15, -0.1) is 0 Å². The molecule has 4 N–H and O–H groups in total. The molecule has 0 bridgehead atoms. The Kier molecular flexibility index (Phi) is 5.14. The van der Waals surface area contributed by atoms with Gasteiger partial charge in [-0.05, 0) is 31.5 Å². The van der Waals surface area contributed by atoms with Crippen molar-refractivity contribution in [3.8, 4) is 5.75 Å². The van der Waals surface area contributed by atoms with Crippen LogP contribution in [0.15, 0.2) is 33.5 Å². The third-order valence-electron chi connectivity index (χ3n) is 5.52. The third kappa shape index (κ3) is 3.65. The molecule has 0 aliphatic carbocycles. The molecular formula is C20H24O9. The molecule has 2 aliphatic rings. The van der Waals surface area contributed by atoms with Gasteiger partial charge in [0.15, 0.2) is 6.29 Å². The van der Waals surface area contributed by atoms with Crippen LogP contribution in [0.1, 0.15) is 19.4 Å². The minimum atomic E-state index is -1.52. The van der Waals surface area contributed by atoms with Gasteiger partial charge >= 0.3 is 5.63 Å². The molecule has 0 spiro atoms. The van der Waals surface area contributed by atoms with Gasteiger partial charge in [0.2, 0.25) is 0 Å². The van der Waals surface area contributed by atoms with Gasteiger partial charge in [-0.2, -0.15) is 0 Å². The SMILES string of the molecule is CC(C)(O[C@@H]1O[C@H](CO)[C@H](O)[C@H](O)[C@H]1O)[C@@H]1Cc2cc3ccc(=O)oc3cc2O1. The summed E-state index contributed by atoms with van der Waals surface area (Å²) in [6, 6.07) is 6.59. The lowest BCUT2D eigenvalue weighted by Crippen LogP contribution is -2.61. The van der Waals surface area contributed by atoms with Crippen LogP contribution in [0.4, 0.5) is 0 Å². The Labute approximate surface area is 166 Å². The van der Waals surface area contributed by atoms with Gasteiger partial charge in [-0.3, -0.25) is 0 Å². The summed E-state index contributed by atoms with van der Waals surface area (Å²) in [6.45, 7) is 2.98. The molecular weight excluding hydrogens is 384 g/mol. The summed E-state index contributed by atoms with van der Waals surface area (Å²) in [6.07, 6.45) is -6.71. The number of ether oxygens (including phenoxy) is 3. The maximum Gasteiger partial charge on any atom is 0.336 e. The quantitative estimate of drug-likeness (QED) is 0.502. The molecule has 6 atom stereocenters. The summed E-state index contributed by atoms with van der Waals surface area (Å²) in [5.41, 5.74) is -0.0654. The summed E-state index contributed by atoms with van der Waals surface area (Å²) < 4.78 is 22.6. The van der Waals surface area contributed by atoms with Crippen molar-refractivity contribution in [1.29, 1.82) is 0 Å². The fourth-order valence-electron chi connectivity index (χ4n) is 3.74. The van der Waals surface area contributed by atoms with Gasteiger partial charge in [0, 0.05) is 23.9 Å². The zero-order chi connectivity index (χ0) is 20.9. The first-order chi connectivity index (χ1) is 13.7. The number of fused-ring (bicyclic) bond motifs is 2. The van der Waals surface area contributed by atoms with E-state index in [4.69, 9.17) is 18.6 Å². The second-order valence-corrected chi connectivity index (χ2v) is 7.98. The molecule has 2 aliphatic heterocycles. The highest BCUT2D eigenvalue weighted by Crippen LogP contribution is 2.38. The van der Waals surface area contributed by atoms with Gasteiger partial charge in [0.25, 0.3) is 0 Å². The predicted molar refractivity (Wildman–Crippen MR) is 99.5 cm³/mol. The maximum atomic E-state index is 11.4. The molecule has 0 amide bonds. The van der Waals surface area contributed by atoms with Gasteiger partial charge in [0.1, 0.15) is 47.5 Å². The Morgan fingerprint density at radius 3 is 2.62 bits per heavy atom. The lowest BCUT2D eigenvalue weighted by Gasteiger charge is -2.43. The molecule has 0 unspecified atom stereocenters. The summed E-state index contributed by atoms with van der Waals surface area (Å²) in [5, 5.41) is 40.2. The van der Waals surface area contributed by atoms with Crippen LogP contribution in [-0.2, 0) is 15.9 Å². The van der Waals surface area contributed by atoms with E-state index in [0.717, 1.165) is 10.9 Å². The molecule has 9 heteroatoms. The zero-order valence-electron chi connectivity index (χ0n) is 16.0. The highest BCUT2D eigenvalue weighted by atomic mass is 16.7. The highest BCUT2D eigenvalue weighted by molar-refractivity contribution is 5.79. The fraction of sp³-hybridized carbons (Fsp3) is 0.550. The van der Waals surface area contributed by atoms with Crippen LogP contribution in [-0.4, -0.2) is 69.4 Å². The minimum absolute atomic E-state index is 0.421. The average Bonchev–Trinajstić information content (AvgIpc) is 3.10. The molecule has 1 aromatic heterocycles. The Balaban J connectivity index is 1.53. The molecule has 29 heavy (non-hydrogen) atoms. The van der Waals surface area contributed by atoms with Crippen LogP contribution in [0.5, 0.6) is 5.75 Å². The second-order valence-electron chi connectivity index (χ2n) is 7.98. The number of benzene rings is 1. The highest BCUT2D eigenvalue weighted by Gasteiger charge is 2.48. The standard InChI is InChI=1S/C20H24O9/c1-20(2,29-19-18(25)17(24)16(23)13(8-21)28-19)14-6-10-5-9-3-4-15(22)27-11(9)7-12(10)26-14/h3-5,7,13-14,16-19,21,23-25H,6,8H2,1-2H3/t13-,14+,16+,17+,18-,19+/m1/s1. The number of aliphatic hydroxyl groups is 4. The van der Waals surface area contributed by atoms with Crippen LogP contribution in [0.3, 0.4) is 0 Å². The summed E-state index contributed by atoms with van der Waals surface area (Å²) in [5.74, 6) is 0.572. The van der Waals surface area contributed by atoms with Gasteiger partial charge in [-0.1, -0.05) is 0 Å². The van der Waals surface area contributed by atoms with E-state index in [1.165, 1.54) is 6.07 Å². The van der Waals surface area contributed by atoms with E-state index in [-0.39, 0.29) is 0 Å². The first-order valence-electron chi connectivity index (χ1n) is 9.41. The summed E-state index contributed by atoms with van der Waals surface area (Å²) in [4.78, 5) is 11.4.